The van der Waals surface area contributed by atoms with Crippen LogP contribution < -0.4 is 42.5 Å². The van der Waals surface area contributed by atoms with Crippen molar-refractivity contribution in [1.82, 2.24) is 52.3 Å². The average Bonchev–Trinajstić information content (AvgIpc) is 3.04. The lowest BCUT2D eigenvalue weighted by atomic mass is 10.2. The third kappa shape index (κ3) is 28.6. The number of carbonyl (C=O) groups excluding carboxylic acids is 6. The third-order valence-electron chi connectivity index (χ3n) is 7.25. The fraction of sp³-hybridized carbons (Fsp3) is 0.806. The number of hydrogen-bond acceptors (Lipinski definition) is 10. The molecule has 0 unspecified atom stereocenters. The van der Waals surface area contributed by atoms with E-state index in [0.29, 0.717) is 91.5 Å². The zero-order chi connectivity index (χ0) is 35.1. The van der Waals surface area contributed by atoms with Crippen LogP contribution in [0.3, 0.4) is 0 Å². The van der Waals surface area contributed by atoms with Gasteiger partial charge in [-0.2, -0.15) is 0 Å². The molecule has 0 aliphatic carbocycles. The van der Waals surface area contributed by atoms with Gasteiger partial charge in [0.2, 0.25) is 35.4 Å². The summed E-state index contributed by atoms with van der Waals surface area (Å²) >= 11 is 0. The van der Waals surface area contributed by atoms with Crippen molar-refractivity contribution in [2.45, 2.75) is 58.3 Å². The number of amides is 6. The van der Waals surface area contributed by atoms with Crippen LogP contribution in [0.25, 0.3) is 0 Å². The molecule has 8 N–H and O–H groups in total. The molecule has 0 rings (SSSR count). The number of carbonyl (C=O) groups is 6. The SMILES string of the molecule is CNCCNC(=O)CCN(CCNC(=O)CCN(CCNC(C)=O)CCC(=O)NCCCCCC(=O)NC)CCC(=O)NCCNC. The largest absolute Gasteiger partial charge is 0.359 e. The van der Waals surface area contributed by atoms with Crippen molar-refractivity contribution < 1.29 is 28.8 Å². The lowest BCUT2D eigenvalue weighted by molar-refractivity contribution is -0.123. The van der Waals surface area contributed by atoms with E-state index in [1.807, 2.05) is 23.9 Å². The topological polar surface area (TPSA) is 205 Å². The first-order chi connectivity index (χ1) is 22.6. The second kappa shape index (κ2) is 30.0. The van der Waals surface area contributed by atoms with E-state index >= 15 is 0 Å². The van der Waals surface area contributed by atoms with Gasteiger partial charge in [0.15, 0.2) is 0 Å². The van der Waals surface area contributed by atoms with Gasteiger partial charge in [-0.3, -0.25) is 28.8 Å². The van der Waals surface area contributed by atoms with E-state index in [2.05, 4.69) is 42.5 Å². The first-order valence-corrected chi connectivity index (χ1v) is 16.9. The van der Waals surface area contributed by atoms with E-state index < -0.39 is 0 Å². The van der Waals surface area contributed by atoms with E-state index in [9.17, 15) is 28.8 Å². The highest BCUT2D eigenvalue weighted by molar-refractivity contribution is 5.77. The molecule has 0 radical (unpaired) electrons. The summed E-state index contributed by atoms with van der Waals surface area (Å²) < 4.78 is 0. The van der Waals surface area contributed by atoms with Gasteiger partial charge in [-0.25, -0.2) is 0 Å². The van der Waals surface area contributed by atoms with E-state index in [0.717, 1.165) is 19.3 Å². The van der Waals surface area contributed by atoms with Crippen molar-refractivity contribution in [3.05, 3.63) is 0 Å². The standard InChI is InChI=1S/C31H62N10O6/c1-26(42)35-18-24-40(20-9-28(44)36-13-7-5-6-8-27(43)34-4)23-12-31(47)39-19-25-41(21-10-29(45)37-16-14-32-2)22-11-30(46)38-17-15-33-3/h32-33H,5-25H2,1-4H3,(H,34,43)(H,35,42)(H,36,44)(H,37,45)(H,38,46)(H,39,47). The van der Waals surface area contributed by atoms with Crippen LogP contribution in [0, 0.1) is 0 Å². The fourth-order valence-corrected chi connectivity index (χ4v) is 4.40. The summed E-state index contributed by atoms with van der Waals surface area (Å²) in [5, 5.41) is 22.8. The Hall–Kier alpha value is -3.34. The molecule has 0 fully saturated rings. The molecule has 47 heavy (non-hydrogen) atoms. The van der Waals surface area contributed by atoms with Crippen LogP contribution in [0.2, 0.25) is 0 Å². The van der Waals surface area contributed by atoms with Crippen molar-refractivity contribution in [3.63, 3.8) is 0 Å². The average molecular weight is 671 g/mol. The molecule has 16 nitrogen and oxygen atoms in total. The first-order valence-electron chi connectivity index (χ1n) is 16.9. The normalized spacial score (nSPS) is 10.9. The van der Waals surface area contributed by atoms with Crippen LogP contribution >= 0.6 is 0 Å². The van der Waals surface area contributed by atoms with Gasteiger partial charge in [0, 0.05) is 131 Å². The Kier molecular flexibility index (Phi) is 27.9. The van der Waals surface area contributed by atoms with Gasteiger partial charge in [0.1, 0.15) is 0 Å². The molecule has 0 aliphatic heterocycles. The summed E-state index contributed by atoms with van der Waals surface area (Å²) in [5.74, 6) is -0.509. The minimum atomic E-state index is -0.148. The van der Waals surface area contributed by atoms with Crippen LogP contribution in [-0.4, -0.2) is 151 Å². The molecule has 0 aromatic rings. The minimum absolute atomic E-state index is 0.0125. The molecular weight excluding hydrogens is 608 g/mol. The molecule has 0 saturated heterocycles. The van der Waals surface area contributed by atoms with Gasteiger partial charge in [-0.15, -0.1) is 0 Å². The Labute approximate surface area is 281 Å². The van der Waals surface area contributed by atoms with Gasteiger partial charge in [-0.1, -0.05) is 6.42 Å². The Bertz CT molecular complexity index is 882. The molecule has 0 spiro atoms. The van der Waals surface area contributed by atoms with Crippen LogP contribution in [0.5, 0.6) is 0 Å². The molecule has 0 aromatic carbocycles. The highest BCUT2D eigenvalue weighted by atomic mass is 16.2. The van der Waals surface area contributed by atoms with Crippen LogP contribution in [0.15, 0.2) is 0 Å². The molecule has 0 bridgehead atoms. The molecule has 0 atom stereocenters. The summed E-state index contributed by atoms with van der Waals surface area (Å²) in [6.07, 6.45) is 3.94. The monoisotopic (exact) mass is 670 g/mol. The minimum Gasteiger partial charge on any atom is -0.359 e. The second-order valence-electron chi connectivity index (χ2n) is 11.3. The van der Waals surface area contributed by atoms with E-state index in [1.54, 1.807) is 7.05 Å². The Morgan fingerprint density at radius 1 is 0.404 bits per heavy atom. The van der Waals surface area contributed by atoms with Gasteiger partial charge >= 0.3 is 0 Å². The molecular formula is C31H62N10O6. The highest BCUT2D eigenvalue weighted by Crippen LogP contribution is 2.00. The molecule has 16 heteroatoms. The van der Waals surface area contributed by atoms with Crippen molar-refractivity contribution >= 4 is 35.4 Å². The van der Waals surface area contributed by atoms with Crippen molar-refractivity contribution in [2.75, 3.05) is 106 Å². The van der Waals surface area contributed by atoms with Crippen LogP contribution in [0.1, 0.15) is 58.3 Å². The van der Waals surface area contributed by atoms with Crippen molar-refractivity contribution in [1.29, 1.82) is 0 Å². The Morgan fingerprint density at radius 3 is 1.21 bits per heavy atom. The molecule has 0 aromatic heterocycles. The number of nitrogens with zero attached hydrogens (tertiary/aromatic N) is 2. The van der Waals surface area contributed by atoms with Gasteiger partial charge < -0.3 is 52.3 Å². The first kappa shape index (κ1) is 43.7. The van der Waals surface area contributed by atoms with E-state index in [-0.39, 0.29) is 61.1 Å². The smallest absolute Gasteiger partial charge is 0.221 e. The number of hydrogen-bond donors (Lipinski definition) is 8. The molecule has 0 aliphatic rings. The van der Waals surface area contributed by atoms with Crippen LogP contribution in [0.4, 0.5) is 0 Å². The summed E-state index contributed by atoms with van der Waals surface area (Å²) in [4.78, 5) is 76.1. The maximum atomic E-state index is 12.7. The predicted molar refractivity (Wildman–Crippen MR) is 182 cm³/mol. The molecule has 0 heterocycles. The van der Waals surface area contributed by atoms with Crippen molar-refractivity contribution in [3.8, 4) is 0 Å². The predicted octanol–water partition coefficient (Wildman–Crippen LogP) is -2.50. The molecule has 0 saturated carbocycles. The number of likely N-dealkylation sites (N-methyl/N-ethyl adjacent to an activating group) is 2. The van der Waals surface area contributed by atoms with Crippen molar-refractivity contribution in [2.24, 2.45) is 0 Å². The third-order valence-corrected chi connectivity index (χ3v) is 7.25. The van der Waals surface area contributed by atoms with Crippen LogP contribution in [-0.2, 0) is 28.8 Å². The lowest BCUT2D eigenvalue weighted by Gasteiger charge is -2.23. The number of unbranched alkanes of at least 4 members (excludes halogenated alkanes) is 2. The quantitative estimate of drug-likeness (QED) is 0.0377. The molecule has 272 valence electrons. The summed E-state index contributed by atoms with van der Waals surface area (Å²) in [6.45, 7) is 7.93. The number of nitrogens with one attached hydrogen (secondary N) is 8. The summed E-state index contributed by atoms with van der Waals surface area (Å²) in [7, 11) is 5.24. The van der Waals surface area contributed by atoms with E-state index in [4.69, 9.17) is 0 Å². The summed E-state index contributed by atoms with van der Waals surface area (Å²) in [5.41, 5.74) is 0. The van der Waals surface area contributed by atoms with Gasteiger partial charge in [-0.05, 0) is 26.9 Å². The Morgan fingerprint density at radius 2 is 0.809 bits per heavy atom. The van der Waals surface area contributed by atoms with E-state index in [1.165, 1.54) is 6.92 Å². The maximum absolute atomic E-state index is 12.7. The maximum Gasteiger partial charge on any atom is 0.221 e. The zero-order valence-corrected chi connectivity index (χ0v) is 29.2. The highest BCUT2D eigenvalue weighted by Gasteiger charge is 2.14. The second-order valence-corrected chi connectivity index (χ2v) is 11.3. The fourth-order valence-electron chi connectivity index (χ4n) is 4.40. The zero-order valence-electron chi connectivity index (χ0n) is 29.2. The van der Waals surface area contributed by atoms with Gasteiger partial charge in [0.25, 0.3) is 0 Å². The van der Waals surface area contributed by atoms with Gasteiger partial charge in [0.05, 0.1) is 0 Å². The number of rotatable bonds is 30. The summed E-state index contributed by atoms with van der Waals surface area (Å²) in [6, 6.07) is 0. The Balaban J connectivity index is 4.71. The lowest BCUT2D eigenvalue weighted by Crippen LogP contribution is -2.41. The molecule has 6 amide bonds.